The summed E-state index contributed by atoms with van der Waals surface area (Å²) in [5.74, 6) is 1.96. The molecule has 0 spiro atoms. The second-order valence-electron chi connectivity index (χ2n) is 3.96. The van der Waals surface area contributed by atoms with Gasteiger partial charge in [0.2, 0.25) is 0 Å². The number of nitrogens with two attached hydrogens (primary N) is 1. The quantitative estimate of drug-likeness (QED) is 0.824. The molecule has 104 valence electrons. The fourth-order valence-electron chi connectivity index (χ4n) is 1.74. The van der Waals surface area contributed by atoms with Crippen LogP contribution in [0.5, 0.6) is 11.5 Å². The first-order chi connectivity index (χ1) is 9.65. The van der Waals surface area contributed by atoms with Crippen LogP contribution in [0.3, 0.4) is 0 Å². The lowest BCUT2D eigenvalue weighted by Crippen LogP contribution is -2.13. The molecule has 0 saturated carbocycles. The average Bonchev–Trinajstić information content (AvgIpc) is 2.47. The SMILES string of the molecule is COc1ccc(OC)c(Nc2ncccc2C(N)=S)c1. The van der Waals surface area contributed by atoms with Crippen LogP contribution in [-0.2, 0) is 0 Å². The number of hydrogen-bond acceptors (Lipinski definition) is 5. The Morgan fingerprint density at radius 3 is 2.70 bits per heavy atom. The molecule has 0 aliphatic heterocycles. The molecule has 0 bridgehead atoms. The van der Waals surface area contributed by atoms with Crippen LogP contribution < -0.4 is 20.5 Å². The third kappa shape index (κ3) is 2.97. The Hall–Kier alpha value is -2.34. The Balaban J connectivity index is 2.41. The molecule has 3 N–H and O–H groups in total. The third-order valence-corrected chi connectivity index (χ3v) is 2.95. The van der Waals surface area contributed by atoms with E-state index in [4.69, 9.17) is 27.4 Å². The van der Waals surface area contributed by atoms with Crippen LogP contribution in [0.15, 0.2) is 36.5 Å². The molecule has 0 aliphatic carbocycles. The summed E-state index contributed by atoms with van der Waals surface area (Å²) >= 11 is 5.02. The van der Waals surface area contributed by atoms with Crippen LogP contribution >= 0.6 is 12.2 Å². The lowest BCUT2D eigenvalue weighted by molar-refractivity contribution is 0.405. The number of anilines is 2. The smallest absolute Gasteiger partial charge is 0.142 e. The summed E-state index contributed by atoms with van der Waals surface area (Å²) in [5.41, 5.74) is 7.09. The van der Waals surface area contributed by atoms with Crippen LogP contribution in [0.25, 0.3) is 0 Å². The second-order valence-corrected chi connectivity index (χ2v) is 4.39. The minimum absolute atomic E-state index is 0.280. The van der Waals surface area contributed by atoms with E-state index in [0.29, 0.717) is 22.9 Å². The van der Waals surface area contributed by atoms with Gasteiger partial charge in [-0.05, 0) is 24.3 Å². The number of nitrogens with zero attached hydrogens (tertiary/aromatic N) is 1. The first-order valence-corrected chi connectivity index (χ1v) is 6.30. The van der Waals surface area contributed by atoms with Crippen LogP contribution in [0.1, 0.15) is 5.56 Å². The molecule has 2 rings (SSSR count). The van der Waals surface area contributed by atoms with Crippen molar-refractivity contribution in [2.45, 2.75) is 0 Å². The van der Waals surface area contributed by atoms with E-state index >= 15 is 0 Å². The summed E-state index contributed by atoms with van der Waals surface area (Å²) in [6, 6.07) is 9.03. The van der Waals surface area contributed by atoms with Crippen molar-refractivity contribution in [3.63, 3.8) is 0 Å². The number of rotatable bonds is 5. The van der Waals surface area contributed by atoms with Crippen LogP contribution in [0.2, 0.25) is 0 Å². The highest BCUT2D eigenvalue weighted by atomic mass is 32.1. The number of aromatic nitrogens is 1. The molecule has 1 aromatic heterocycles. The Bertz CT molecular complexity index is 632. The predicted octanol–water partition coefficient (Wildman–Crippen LogP) is 2.48. The topological polar surface area (TPSA) is 69.4 Å². The van der Waals surface area contributed by atoms with Crippen molar-refractivity contribution in [2.24, 2.45) is 5.73 Å². The molecule has 0 atom stereocenters. The van der Waals surface area contributed by atoms with Crippen LogP contribution in [0, 0.1) is 0 Å². The maximum Gasteiger partial charge on any atom is 0.142 e. The Morgan fingerprint density at radius 1 is 1.25 bits per heavy atom. The molecular weight excluding hydrogens is 274 g/mol. The maximum atomic E-state index is 5.69. The third-order valence-electron chi connectivity index (χ3n) is 2.73. The van der Waals surface area contributed by atoms with E-state index in [-0.39, 0.29) is 4.99 Å². The first-order valence-electron chi connectivity index (χ1n) is 5.89. The van der Waals surface area contributed by atoms with Gasteiger partial charge in [0.25, 0.3) is 0 Å². The van der Waals surface area contributed by atoms with Gasteiger partial charge in [-0.25, -0.2) is 4.98 Å². The van der Waals surface area contributed by atoms with Crippen molar-refractivity contribution < 1.29 is 9.47 Å². The standard InChI is InChI=1S/C14H15N3O2S/c1-18-9-5-6-12(19-2)11(8-9)17-14-10(13(15)20)4-3-7-16-14/h3-8H,1-2H3,(H2,15,20)(H,16,17). The highest BCUT2D eigenvalue weighted by Crippen LogP contribution is 2.31. The number of benzene rings is 1. The van der Waals surface area contributed by atoms with E-state index in [9.17, 15) is 0 Å². The second kappa shape index (κ2) is 6.21. The van der Waals surface area contributed by atoms with E-state index in [1.807, 2.05) is 24.3 Å². The zero-order chi connectivity index (χ0) is 14.5. The normalized spacial score (nSPS) is 9.90. The van der Waals surface area contributed by atoms with E-state index in [1.54, 1.807) is 26.5 Å². The molecule has 0 fully saturated rings. The number of thiocarbonyl (C=S) groups is 1. The van der Waals surface area contributed by atoms with Crippen molar-refractivity contribution >= 4 is 28.7 Å². The van der Waals surface area contributed by atoms with Gasteiger partial charge >= 0.3 is 0 Å². The molecule has 0 amide bonds. The minimum atomic E-state index is 0.280. The molecule has 5 nitrogen and oxygen atoms in total. The van der Waals surface area contributed by atoms with Crippen molar-refractivity contribution in [1.29, 1.82) is 0 Å². The molecule has 0 saturated heterocycles. The lowest BCUT2D eigenvalue weighted by atomic mass is 10.2. The Morgan fingerprint density at radius 2 is 2.05 bits per heavy atom. The van der Waals surface area contributed by atoms with Crippen molar-refractivity contribution in [3.05, 3.63) is 42.1 Å². The monoisotopic (exact) mass is 289 g/mol. The summed E-state index contributed by atoms with van der Waals surface area (Å²) in [4.78, 5) is 4.53. The van der Waals surface area contributed by atoms with E-state index in [0.717, 1.165) is 5.69 Å². The van der Waals surface area contributed by atoms with Gasteiger partial charge in [-0.3, -0.25) is 0 Å². The molecule has 1 heterocycles. The lowest BCUT2D eigenvalue weighted by Gasteiger charge is -2.14. The molecule has 6 heteroatoms. The number of ether oxygens (including phenoxy) is 2. The molecular formula is C14H15N3O2S. The van der Waals surface area contributed by atoms with Gasteiger partial charge in [0.1, 0.15) is 22.3 Å². The van der Waals surface area contributed by atoms with Gasteiger partial charge in [-0.15, -0.1) is 0 Å². The fourth-order valence-corrected chi connectivity index (χ4v) is 1.91. The zero-order valence-electron chi connectivity index (χ0n) is 11.2. The Kier molecular flexibility index (Phi) is 4.37. The van der Waals surface area contributed by atoms with Crippen molar-refractivity contribution in [3.8, 4) is 11.5 Å². The maximum absolute atomic E-state index is 5.69. The largest absolute Gasteiger partial charge is 0.497 e. The zero-order valence-corrected chi connectivity index (χ0v) is 12.0. The number of pyridine rings is 1. The molecule has 0 aliphatic rings. The minimum Gasteiger partial charge on any atom is -0.497 e. The highest BCUT2D eigenvalue weighted by molar-refractivity contribution is 7.80. The van der Waals surface area contributed by atoms with Gasteiger partial charge in [0, 0.05) is 12.3 Å². The molecule has 20 heavy (non-hydrogen) atoms. The average molecular weight is 289 g/mol. The number of nitrogens with one attached hydrogen (secondary N) is 1. The molecule has 1 aromatic carbocycles. The first kappa shape index (κ1) is 14.1. The summed E-state index contributed by atoms with van der Waals surface area (Å²) in [5, 5.41) is 3.16. The Labute approximate surface area is 122 Å². The van der Waals surface area contributed by atoms with Crippen LogP contribution in [0.4, 0.5) is 11.5 Å². The summed E-state index contributed by atoms with van der Waals surface area (Å²) < 4.78 is 10.5. The van der Waals surface area contributed by atoms with Crippen LogP contribution in [-0.4, -0.2) is 24.2 Å². The van der Waals surface area contributed by atoms with E-state index < -0.39 is 0 Å². The van der Waals surface area contributed by atoms with E-state index in [1.165, 1.54) is 0 Å². The molecule has 2 aromatic rings. The number of methoxy groups -OCH3 is 2. The highest BCUT2D eigenvalue weighted by Gasteiger charge is 2.10. The van der Waals surface area contributed by atoms with Gasteiger partial charge in [-0.2, -0.15) is 0 Å². The van der Waals surface area contributed by atoms with Crippen molar-refractivity contribution in [1.82, 2.24) is 4.98 Å². The van der Waals surface area contributed by atoms with Gasteiger partial charge in [0.15, 0.2) is 0 Å². The van der Waals surface area contributed by atoms with Gasteiger partial charge < -0.3 is 20.5 Å². The molecule has 0 radical (unpaired) electrons. The van der Waals surface area contributed by atoms with Gasteiger partial charge in [-0.1, -0.05) is 12.2 Å². The molecule has 0 unspecified atom stereocenters. The predicted molar refractivity (Wildman–Crippen MR) is 83.0 cm³/mol. The fraction of sp³-hybridized carbons (Fsp3) is 0.143. The number of hydrogen-bond donors (Lipinski definition) is 2. The van der Waals surface area contributed by atoms with Crippen molar-refractivity contribution in [2.75, 3.05) is 19.5 Å². The van der Waals surface area contributed by atoms with Gasteiger partial charge in [0.05, 0.1) is 25.5 Å². The summed E-state index contributed by atoms with van der Waals surface area (Å²) in [6.07, 6.45) is 1.66. The summed E-state index contributed by atoms with van der Waals surface area (Å²) in [6.45, 7) is 0. The van der Waals surface area contributed by atoms with E-state index in [2.05, 4.69) is 10.3 Å². The summed E-state index contributed by atoms with van der Waals surface area (Å²) in [7, 11) is 3.20.